The van der Waals surface area contributed by atoms with Crippen molar-refractivity contribution in [1.29, 1.82) is 0 Å². The number of hydrazone groups is 1. The molecular weight excluding hydrogens is 279 g/mol. The van der Waals surface area contributed by atoms with Crippen LogP contribution in [0.5, 0.6) is 0 Å². The minimum atomic E-state index is -0.358. The standard InChI is InChI=1S/C14H12ClFN4/c15-19-9-18-20(11-7-5-10(16)6-8-11)14(19)12-3-1-2-4-13(12)17/h1-9,14H,17H2. The van der Waals surface area contributed by atoms with E-state index in [1.807, 2.05) is 18.2 Å². The molecule has 1 aliphatic rings. The predicted molar refractivity (Wildman–Crippen MR) is 78.7 cm³/mol. The molecule has 1 aliphatic heterocycles. The van der Waals surface area contributed by atoms with Crippen LogP contribution in [0.1, 0.15) is 11.7 Å². The summed E-state index contributed by atoms with van der Waals surface area (Å²) in [4.78, 5) is 0. The SMILES string of the molecule is Nc1ccccc1C1N(Cl)C=NN1c1ccc(F)cc1. The highest BCUT2D eigenvalue weighted by Crippen LogP contribution is 2.36. The van der Waals surface area contributed by atoms with Crippen LogP contribution in [-0.4, -0.2) is 10.8 Å². The van der Waals surface area contributed by atoms with Crippen molar-refractivity contribution < 1.29 is 4.39 Å². The van der Waals surface area contributed by atoms with E-state index in [2.05, 4.69) is 5.10 Å². The Hall–Kier alpha value is -2.27. The highest BCUT2D eigenvalue weighted by atomic mass is 35.5. The molecule has 102 valence electrons. The van der Waals surface area contributed by atoms with Crippen molar-refractivity contribution in [2.75, 3.05) is 10.7 Å². The first-order valence-electron chi connectivity index (χ1n) is 6.04. The topological polar surface area (TPSA) is 44.9 Å². The summed E-state index contributed by atoms with van der Waals surface area (Å²) in [5.41, 5.74) is 8.20. The summed E-state index contributed by atoms with van der Waals surface area (Å²) in [6.45, 7) is 0. The van der Waals surface area contributed by atoms with E-state index in [-0.39, 0.29) is 12.0 Å². The molecule has 0 spiro atoms. The number of anilines is 2. The van der Waals surface area contributed by atoms with Crippen LogP contribution in [-0.2, 0) is 0 Å². The van der Waals surface area contributed by atoms with Crippen molar-refractivity contribution in [3.63, 3.8) is 0 Å². The van der Waals surface area contributed by atoms with Gasteiger partial charge in [0.25, 0.3) is 0 Å². The normalized spacial score (nSPS) is 17.8. The van der Waals surface area contributed by atoms with Gasteiger partial charge in [-0.05, 0) is 30.3 Å². The second-order valence-corrected chi connectivity index (χ2v) is 4.79. The van der Waals surface area contributed by atoms with Crippen LogP contribution in [0.2, 0.25) is 0 Å². The van der Waals surface area contributed by atoms with Gasteiger partial charge in [0, 0.05) is 23.0 Å². The molecule has 1 heterocycles. The summed E-state index contributed by atoms with van der Waals surface area (Å²) in [7, 11) is 0. The molecule has 0 amide bonds. The number of hydrogen-bond acceptors (Lipinski definition) is 4. The van der Waals surface area contributed by atoms with Crippen LogP contribution in [0.4, 0.5) is 15.8 Å². The summed E-state index contributed by atoms with van der Waals surface area (Å²) in [6, 6.07) is 13.5. The number of halogens is 2. The number of benzene rings is 2. The van der Waals surface area contributed by atoms with Gasteiger partial charge in [0.05, 0.1) is 5.69 Å². The molecule has 20 heavy (non-hydrogen) atoms. The smallest absolute Gasteiger partial charge is 0.167 e. The first kappa shape index (κ1) is 12.7. The van der Waals surface area contributed by atoms with E-state index >= 15 is 0 Å². The fourth-order valence-corrected chi connectivity index (χ4v) is 2.37. The molecule has 1 unspecified atom stereocenters. The van der Waals surface area contributed by atoms with Gasteiger partial charge in [-0.2, -0.15) is 5.10 Å². The Morgan fingerprint density at radius 2 is 1.80 bits per heavy atom. The lowest BCUT2D eigenvalue weighted by molar-refractivity contribution is 0.508. The molecule has 0 aromatic heterocycles. The van der Waals surface area contributed by atoms with Gasteiger partial charge in [-0.15, -0.1) is 0 Å². The second-order valence-electron chi connectivity index (χ2n) is 4.40. The number of hydrogen-bond donors (Lipinski definition) is 1. The molecule has 0 fully saturated rings. The van der Waals surface area contributed by atoms with E-state index < -0.39 is 0 Å². The average molecular weight is 291 g/mol. The number of nitrogens with two attached hydrogens (primary N) is 1. The quantitative estimate of drug-likeness (QED) is 0.681. The molecule has 3 rings (SSSR count). The maximum atomic E-state index is 13.0. The Morgan fingerprint density at radius 3 is 2.50 bits per heavy atom. The Labute approximate surface area is 121 Å². The first-order chi connectivity index (χ1) is 9.66. The second kappa shape index (κ2) is 5.02. The third-order valence-corrected chi connectivity index (χ3v) is 3.39. The largest absolute Gasteiger partial charge is 0.398 e. The van der Waals surface area contributed by atoms with E-state index in [4.69, 9.17) is 17.5 Å². The lowest BCUT2D eigenvalue weighted by atomic mass is 10.1. The molecule has 0 radical (unpaired) electrons. The van der Waals surface area contributed by atoms with E-state index in [0.717, 1.165) is 11.3 Å². The van der Waals surface area contributed by atoms with Gasteiger partial charge in [0.1, 0.15) is 12.2 Å². The third-order valence-electron chi connectivity index (χ3n) is 3.12. The minimum absolute atomic E-state index is 0.296. The summed E-state index contributed by atoms with van der Waals surface area (Å²) in [5, 5.41) is 5.93. The Bertz CT molecular complexity index is 644. The van der Waals surface area contributed by atoms with E-state index in [1.54, 1.807) is 23.2 Å². The molecular formula is C14H12ClFN4. The number of nitrogen functional groups attached to an aromatic ring is 1. The Morgan fingerprint density at radius 1 is 1.10 bits per heavy atom. The van der Waals surface area contributed by atoms with E-state index in [1.165, 1.54) is 22.9 Å². The molecule has 0 bridgehead atoms. The Balaban J connectivity index is 2.00. The van der Waals surface area contributed by atoms with Crippen LogP contribution in [0.25, 0.3) is 0 Å². The van der Waals surface area contributed by atoms with Gasteiger partial charge < -0.3 is 5.73 Å². The van der Waals surface area contributed by atoms with Crippen LogP contribution < -0.4 is 10.7 Å². The van der Waals surface area contributed by atoms with Crippen LogP contribution in [0, 0.1) is 5.82 Å². The zero-order chi connectivity index (χ0) is 14.1. The zero-order valence-corrected chi connectivity index (χ0v) is 11.2. The van der Waals surface area contributed by atoms with Gasteiger partial charge in [-0.3, -0.25) is 0 Å². The lowest BCUT2D eigenvalue weighted by Crippen LogP contribution is -2.27. The predicted octanol–water partition coefficient (Wildman–Crippen LogP) is 3.33. The molecule has 4 nitrogen and oxygen atoms in total. The summed E-state index contributed by atoms with van der Waals surface area (Å²) in [5.74, 6) is -0.296. The fourth-order valence-electron chi connectivity index (χ4n) is 2.15. The zero-order valence-electron chi connectivity index (χ0n) is 10.4. The molecule has 2 aromatic carbocycles. The van der Waals surface area contributed by atoms with Gasteiger partial charge in [0.2, 0.25) is 0 Å². The van der Waals surface area contributed by atoms with Gasteiger partial charge in [-0.1, -0.05) is 18.2 Å². The molecule has 0 aliphatic carbocycles. The first-order valence-corrected chi connectivity index (χ1v) is 6.38. The van der Waals surface area contributed by atoms with Crippen molar-refractivity contribution in [3.05, 3.63) is 59.9 Å². The van der Waals surface area contributed by atoms with Gasteiger partial charge in [0.15, 0.2) is 6.17 Å². The number of para-hydroxylation sites is 1. The van der Waals surface area contributed by atoms with Crippen molar-refractivity contribution in [1.82, 2.24) is 4.42 Å². The van der Waals surface area contributed by atoms with Gasteiger partial charge >= 0.3 is 0 Å². The summed E-state index contributed by atoms with van der Waals surface area (Å²) < 4.78 is 14.5. The van der Waals surface area contributed by atoms with Crippen molar-refractivity contribution in [2.24, 2.45) is 5.10 Å². The molecule has 2 aromatic rings. The highest BCUT2D eigenvalue weighted by molar-refractivity contribution is 6.19. The molecule has 6 heteroatoms. The van der Waals surface area contributed by atoms with Gasteiger partial charge in [-0.25, -0.2) is 13.8 Å². The molecule has 0 saturated heterocycles. The van der Waals surface area contributed by atoms with Crippen LogP contribution in [0.3, 0.4) is 0 Å². The molecule has 2 N–H and O–H groups in total. The van der Waals surface area contributed by atoms with Crippen LogP contribution in [0.15, 0.2) is 53.6 Å². The average Bonchev–Trinajstić information content (AvgIpc) is 2.82. The fraction of sp³-hybridized carbons (Fsp3) is 0.0714. The summed E-state index contributed by atoms with van der Waals surface area (Å²) >= 11 is 6.17. The van der Waals surface area contributed by atoms with Crippen molar-refractivity contribution >= 4 is 29.5 Å². The highest BCUT2D eigenvalue weighted by Gasteiger charge is 2.31. The van der Waals surface area contributed by atoms with Crippen LogP contribution >= 0.6 is 11.8 Å². The summed E-state index contributed by atoms with van der Waals surface area (Å²) in [6.07, 6.45) is 1.14. The Kier molecular flexibility index (Phi) is 3.20. The van der Waals surface area contributed by atoms with Crippen molar-refractivity contribution in [3.8, 4) is 0 Å². The van der Waals surface area contributed by atoms with Crippen molar-refractivity contribution in [2.45, 2.75) is 6.17 Å². The number of rotatable bonds is 2. The van der Waals surface area contributed by atoms with E-state index in [9.17, 15) is 4.39 Å². The maximum Gasteiger partial charge on any atom is 0.167 e. The van der Waals surface area contributed by atoms with E-state index in [0.29, 0.717) is 5.69 Å². The number of nitrogens with zero attached hydrogens (tertiary/aromatic N) is 3. The molecule has 0 saturated carbocycles. The molecule has 1 atom stereocenters. The monoisotopic (exact) mass is 290 g/mol. The maximum absolute atomic E-state index is 13.0. The third kappa shape index (κ3) is 2.16. The minimum Gasteiger partial charge on any atom is -0.398 e. The lowest BCUT2D eigenvalue weighted by Gasteiger charge is -2.27.